The Labute approximate surface area is 227 Å². The van der Waals surface area contributed by atoms with Crippen molar-refractivity contribution in [3.63, 3.8) is 0 Å². The SMILES string of the molecule is Nc1nc2c(ncn2[C@@H]2O[C@H](CO)C[C@H]2P(O)(=S)OC[C@H]2O[C@@H](n3nnc4c(N)ncnc43)[C@@H](F)[C@@H]2O)c(=O)[nH]1. The Morgan fingerprint density at radius 2 is 2.02 bits per heavy atom. The second-order valence-corrected chi connectivity index (χ2v) is 12.9. The van der Waals surface area contributed by atoms with E-state index in [2.05, 4.69) is 35.2 Å². The fourth-order valence-electron chi connectivity index (χ4n) is 4.79. The largest absolute Gasteiger partial charge is 0.394 e. The number of rotatable bonds is 7. The molecule has 2 saturated heterocycles. The Morgan fingerprint density at radius 1 is 1.23 bits per heavy atom. The van der Waals surface area contributed by atoms with Gasteiger partial charge in [-0.05, 0) is 18.2 Å². The van der Waals surface area contributed by atoms with Gasteiger partial charge < -0.3 is 40.6 Å². The number of hydrogen-bond donors (Lipinski definition) is 6. The van der Waals surface area contributed by atoms with Crippen LogP contribution in [0.2, 0.25) is 0 Å². The second-order valence-electron chi connectivity index (χ2n) is 9.23. The number of ether oxygens (including phenoxy) is 2. The average molecular weight is 600 g/mol. The molecular formula is C19H23FN11O7PS. The quantitative estimate of drug-likeness (QED) is 0.126. The van der Waals surface area contributed by atoms with Crippen LogP contribution in [0.3, 0.4) is 0 Å². The molecule has 6 heterocycles. The third kappa shape index (κ3) is 4.41. The van der Waals surface area contributed by atoms with Gasteiger partial charge in [0.15, 0.2) is 47.0 Å². The normalized spacial score (nSPS) is 30.4. The predicted octanol–water partition coefficient (Wildman–Crippen LogP) is -1.92. The number of halogens is 1. The van der Waals surface area contributed by atoms with Crippen LogP contribution < -0.4 is 17.0 Å². The van der Waals surface area contributed by atoms with Crippen molar-refractivity contribution in [2.75, 3.05) is 24.7 Å². The van der Waals surface area contributed by atoms with E-state index in [1.165, 1.54) is 10.9 Å². The number of H-pyrrole nitrogens is 1. The maximum absolute atomic E-state index is 15.1. The van der Waals surface area contributed by atoms with Crippen LogP contribution in [0.5, 0.6) is 0 Å². The zero-order valence-corrected chi connectivity index (χ0v) is 22.0. The van der Waals surface area contributed by atoms with Gasteiger partial charge in [-0.2, -0.15) is 9.67 Å². The Bertz CT molecular complexity index is 1690. The van der Waals surface area contributed by atoms with E-state index in [0.717, 1.165) is 11.0 Å². The molecule has 0 radical (unpaired) electrons. The van der Waals surface area contributed by atoms with Gasteiger partial charge in [0.1, 0.15) is 24.8 Å². The molecule has 4 aromatic heterocycles. The van der Waals surface area contributed by atoms with Crippen LogP contribution in [0.1, 0.15) is 18.9 Å². The van der Waals surface area contributed by atoms with Crippen molar-refractivity contribution in [3.8, 4) is 0 Å². The van der Waals surface area contributed by atoms with Gasteiger partial charge in [0.25, 0.3) is 5.56 Å². The van der Waals surface area contributed by atoms with Crippen molar-refractivity contribution < 1.29 is 33.5 Å². The highest BCUT2D eigenvalue weighted by Crippen LogP contribution is 2.57. The molecule has 0 aliphatic carbocycles. The van der Waals surface area contributed by atoms with E-state index in [0.29, 0.717) is 0 Å². The fraction of sp³-hybridized carbons (Fsp3) is 0.526. The topological polar surface area (TPSA) is 260 Å². The number of aromatic nitrogens is 9. The van der Waals surface area contributed by atoms with E-state index in [4.69, 9.17) is 37.3 Å². The average Bonchev–Trinajstić information content (AvgIpc) is 3.69. The van der Waals surface area contributed by atoms with Gasteiger partial charge in [-0.3, -0.25) is 14.3 Å². The molecule has 18 nitrogen and oxygen atoms in total. The lowest BCUT2D eigenvalue weighted by atomic mass is 10.1. The highest BCUT2D eigenvalue weighted by atomic mass is 32.5. The lowest BCUT2D eigenvalue weighted by Crippen LogP contribution is -2.32. The first-order chi connectivity index (χ1) is 19.1. The third-order valence-corrected chi connectivity index (χ3v) is 9.71. The van der Waals surface area contributed by atoms with E-state index < -0.39 is 61.3 Å². The van der Waals surface area contributed by atoms with E-state index in [-0.39, 0.29) is 47.1 Å². The number of aliphatic hydroxyl groups is 2. The minimum atomic E-state index is -3.80. The van der Waals surface area contributed by atoms with Crippen LogP contribution in [0.15, 0.2) is 17.4 Å². The number of alkyl halides is 1. The number of hydrogen-bond acceptors (Lipinski definition) is 15. The molecule has 8 atom stereocenters. The highest BCUT2D eigenvalue weighted by molar-refractivity contribution is 8.09. The summed E-state index contributed by atoms with van der Waals surface area (Å²) in [4.78, 5) is 41.8. The molecule has 0 bridgehead atoms. The van der Waals surface area contributed by atoms with E-state index in [1.807, 2.05) is 0 Å². The van der Waals surface area contributed by atoms with E-state index >= 15 is 4.39 Å². The zero-order chi connectivity index (χ0) is 28.3. The molecule has 21 heteroatoms. The molecule has 8 N–H and O–H groups in total. The van der Waals surface area contributed by atoms with Crippen molar-refractivity contribution >= 4 is 52.4 Å². The van der Waals surface area contributed by atoms with Crippen molar-refractivity contribution in [2.24, 2.45) is 0 Å². The van der Waals surface area contributed by atoms with Crippen LogP contribution in [-0.4, -0.2) is 103 Å². The van der Waals surface area contributed by atoms with Crippen LogP contribution >= 0.6 is 6.49 Å². The number of anilines is 2. The summed E-state index contributed by atoms with van der Waals surface area (Å²) < 4.78 is 34.8. The maximum Gasteiger partial charge on any atom is 0.280 e. The van der Waals surface area contributed by atoms with Gasteiger partial charge in [-0.25, -0.2) is 19.3 Å². The van der Waals surface area contributed by atoms with Gasteiger partial charge in [0.05, 0.1) is 31.3 Å². The first kappa shape index (κ1) is 27.0. The molecule has 0 saturated carbocycles. The minimum Gasteiger partial charge on any atom is -0.394 e. The molecule has 2 aliphatic rings. The predicted molar refractivity (Wildman–Crippen MR) is 137 cm³/mol. The number of imidazole rings is 1. The molecule has 1 unspecified atom stereocenters. The molecule has 2 fully saturated rings. The molecule has 0 spiro atoms. The molecule has 2 aliphatic heterocycles. The number of aromatic amines is 1. The van der Waals surface area contributed by atoms with Gasteiger partial charge in [-0.15, -0.1) is 5.10 Å². The monoisotopic (exact) mass is 599 g/mol. The van der Waals surface area contributed by atoms with Crippen LogP contribution in [0, 0.1) is 0 Å². The maximum atomic E-state index is 15.1. The second kappa shape index (κ2) is 10.00. The fourth-order valence-corrected chi connectivity index (χ4v) is 7.13. The van der Waals surface area contributed by atoms with Gasteiger partial charge in [-0.1, -0.05) is 5.21 Å². The Morgan fingerprint density at radius 3 is 2.80 bits per heavy atom. The summed E-state index contributed by atoms with van der Waals surface area (Å²) in [7, 11) is 0. The first-order valence-corrected chi connectivity index (χ1v) is 14.6. The molecule has 40 heavy (non-hydrogen) atoms. The molecule has 6 rings (SSSR count). The third-order valence-electron chi connectivity index (χ3n) is 6.76. The molecule has 0 amide bonds. The number of aliphatic hydroxyl groups excluding tert-OH is 2. The summed E-state index contributed by atoms with van der Waals surface area (Å²) in [5.41, 5.74) is 10.2. The van der Waals surface area contributed by atoms with Crippen LogP contribution in [0.25, 0.3) is 22.3 Å². The van der Waals surface area contributed by atoms with E-state index in [9.17, 15) is 19.9 Å². The summed E-state index contributed by atoms with van der Waals surface area (Å²) in [5.74, 6) is -0.127. The van der Waals surface area contributed by atoms with E-state index in [1.54, 1.807) is 0 Å². The minimum absolute atomic E-state index is 0.0219. The van der Waals surface area contributed by atoms with Crippen LogP contribution in [-0.2, 0) is 25.8 Å². The summed E-state index contributed by atoms with van der Waals surface area (Å²) in [6.07, 6.45) is -5.55. The standard InChI is InChI=1S/C19H23FN11O7PS/c20-9-12(33)7(38-18(9)31-14-10(28-29-31)13(21)23-4-24-14)3-36-39(35,40)8-1-6(2-32)37-17(8)30-5-25-11-15(30)26-19(22)27-16(11)34/h4-9,12,17-18,32-33H,1-3H2,(H,35,40)(H2,21,23,24)(H3,22,26,27,34)/t6-,7+,8+,9-,12+,17+,18+,39?/m0/s1. The van der Waals surface area contributed by atoms with Crippen molar-refractivity contribution in [2.45, 2.75) is 49.0 Å². The van der Waals surface area contributed by atoms with Gasteiger partial charge in [0, 0.05) is 0 Å². The Kier molecular flexibility index (Phi) is 6.74. The lowest BCUT2D eigenvalue weighted by Gasteiger charge is -2.28. The molecule has 4 aromatic rings. The number of fused-ring (bicyclic) bond motifs is 2. The number of nitrogens with two attached hydrogens (primary N) is 2. The van der Waals surface area contributed by atoms with Crippen molar-refractivity contribution in [1.29, 1.82) is 0 Å². The van der Waals surface area contributed by atoms with Gasteiger partial charge >= 0.3 is 0 Å². The summed E-state index contributed by atoms with van der Waals surface area (Å²) in [6, 6.07) is 0. The molecular weight excluding hydrogens is 576 g/mol. The Hall–Kier alpha value is -3.23. The van der Waals surface area contributed by atoms with Crippen LogP contribution in [0.4, 0.5) is 16.2 Å². The number of nitrogens with zero attached hydrogens (tertiary/aromatic N) is 8. The van der Waals surface area contributed by atoms with Crippen molar-refractivity contribution in [3.05, 3.63) is 23.0 Å². The Balaban J connectivity index is 1.22. The summed E-state index contributed by atoms with van der Waals surface area (Å²) in [5, 5.41) is 28.0. The number of nitrogens with one attached hydrogen (secondary N) is 1. The molecule has 214 valence electrons. The highest BCUT2D eigenvalue weighted by Gasteiger charge is 2.49. The summed E-state index contributed by atoms with van der Waals surface area (Å²) >= 11 is 5.47. The lowest BCUT2D eigenvalue weighted by molar-refractivity contribution is -0.0476. The smallest absolute Gasteiger partial charge is 0.280 e. The first-order valence-electron chi connectivity index (χ1n) is 11.8. The molecule has 0 aromatic carbocycles. The van der Waals surface area contributed by atoms with Gasteiger partial charge in [0.2, 0.25) is 5.95 Å². The number of nitrogen functional groups attached to an aromatic ring is 2. The van der Waals surface area contributed by atoms with Crippen molar-refractivity contribution in [1.82, 2.24) is 44.5 Å². The zero-order valence-electron chi connectivity index (χ0n) is 20.3. The summed E-state index contributed by atoms with van der Waals surface area (Å²) in [6.45, 7) is -4.67.